The van der Waals surface area contributed by atoms with Gasteiger partial charge in [0, 0.05) is 5.69 Å². The number of carbonyl (C=O) groups excluding carboxylic acids is 4. The number of hydrogen-bond acceptors (Lipinski definition) is 5. The molecular formula is C23H18Cl4N2O5. The van der Waals surface area contributed by atoms with Crippen LogP contribution in [-0.4, -0.2) is 41.1 Å². The van der Waals surface area contributed by atoms with Gasteiger partial charge in [0.05, 0.1) is 43.9 Å². The summed E-state index contributed by atoms with van der Waals surface area (Å²) in [6, 6.07) is 10.4. The van der Waals surface area contributed by atoms with E-state index in [2.05, 4.69) is 5.32 Å². The Morgan fingerprint density at radius 3 is 2.06 bits per heavy atom. The molecule has 178 valence electrons. The van der Waals surface area contributed by atoms with Crippen molar-refractivity contribution in [3.8, 4) is 0 Å². The molecule has 3 amide bonds. The molecule has 7 nitrogen and oxygen atoms in total. The molecule has 0 radical (unpaired) electrons. The van der Waals surface area contributed by atoms with Crippen molar-refractivity contribution >= 4 is 81.5 Å². The van der Waals surface area contributed by atoms with Gasteiger partial charge in [-0.05, 0) is 55.3 Å². The average molecular weight is 544 g/mol. The van der Waals surface area contributed by atoms with E-state index in [1.165, 1.54) is 36.4 Å². The van der Waals surface area contributed by atoms with Crippen LogP contribution in [0.2, 0.25) is 10.0 Å². The van der Waals surface area contributed by atoms with Crippen molar-refractivity contribution in [1.82, 2.24) is 0 Å². The van der Waals surface area contributed by atoms with Crippen molar-refractivity contribution < 1.29 is 23.9 Å². The number of nitrogens with one attached hydrogen (secondary N) is 1. The number of ether oxygens (including phenoxy) is 1. The number of hydrogen-bond donors (Lipinski definition) is 1. The van der Waals surface area contributed by atoms with E-state index in [-0.39, 0.29) is 33.2 Å². The van der Waals surface area contributed by atoms with Gasteiger partial charge < -0.3 is 10.1 Å². The Hall–Kier alpha value is -2.32. The van der Waals surface area contributed by atoms with E-state index in [4.69, 9.17) is 51.1 Å². The quantitative estimate of drug-likeness (QED) is 0.329. The van der Waals surface area contributed by atoms with Gasteiger partial charge in [-0.2, -0.15) is 0 Å². The molecule has 1 heterocycles. The van der Waals surface area contributed by atoms with Gasteiger partial charge in [-0.1, -0.05) is 23.2 Å². The topological polar surface area (TPSA) is 92.8 Å². The number of fused-ring (bicyclic) bond motifs is 1. The summed E-state index contributed by atoms with van der Waals surface area (Å²) in [5.41, 5.74) is 0.904. The summed E-state index contributed by atoms with van der Waals surface area (Å²) in [5.74, 6) is -2.93. The Kier molecular flexibility index (Phi) is 7.38. The molecule has 1 saturated carbocycles. The SMILES string of the molecule is O=C(COC(=O)c1ccc(N2C(=O)[C@H]3C[C@@H](Cl)[C@@H](Cl)C[C@H]3C2=O)cc1)Nc1ccc(Cl)c(Cl)c1. The molecule has 1 saturated heterocycles. The zero-order valence-corrected chi connectivity index (χ0v) is 20.5. The zero-order valence-electron chi connectivity index (χ0n) is 17.5. The standard InChI is InChI=1S/C23H18Cl4N2O5/c24-16-6-3-12(7-17(16)25)28-20(30)10-34-23(33)11-1-4-13(5-2-11)29-21(31)14-8-18(26)19(27)9-15(14)22(29)32/h1-7,14-15,18-19H,8-10H2,(H,28,30)/t14-,15+,18+,19-. The maximum absolute atomic E-state index is 12.8. The second-order valence-corrected chi connectivity index (χ2v) is 9.96. The Morgan fingerprint density at radius 1 is 0.912 bits per heavy atom. The minimum absolute atomic E-state index is 0.157. The van der Waals surface area contributed by atoms with Crippen LogP contribution in [0, 0.1) is 11.8 Å². The van der Waals surface area contributed by atoms with Crippen LogP contribution in [0.25, 0.3) is 0 Å². The van der Waals surface area contributed by atoms with Gasteiger partial charge in [-0.25, -0.2) is 4.79 Å². The van der Waals surface area contributed by atoms with Crippen LogP contribution in [0.3, 0.4) is 0 Å². The average Bonchev–Trinajstić information content (AvgIpc) is 3.04. The van der Waals surface area contributed by atoms with E-state index in [0.717, 1.165) is 4.90 Å². The zero-order chi connectivity index (χ0) is 24.6. The number of anilines is 2. The summed E-state index contributed by atoms with van der Waals surface area (Å²) < 4.78 is 5.04. The Bertz CT molecular complexity index is 1130. The molecule has 1 aliphatic carbocycles. The van der Waals surface area contributed by atoms with Crippen LogP contribution >= 0.6 is 46.4 Å². The summed E-state index contributed by atoms with van der Waals surface area (Å²) in [6.07, 6.45) is 0.687. The smallest absolute Gasteiger partial charge is 0.338 e. The van der Waals surface area contributed by atoms with Gasteiger partial charge in [0.2, 0.25) is 11.8 Å². The number of nitrogens with zero attached hydrogens (tertiary/aromatic N) is 1. The highest BCUT2D eigenvalue weighted by molar-refractivity contribution is 6.42. The first kappa shape index (κ1) is 24.8. The summed E-state index contributed by atoms with van der Waals surface area (Å²) >= 11 is 24.1. The van der Waals surface area contributed by atoms with Crippen molar-refractivity contribution in [2.24, 2.45) is 11.8 Å². The Morgan fingerprint density at radius 2 is 1.50 bits per heavy atom. The van der Waals surface area contributed by atoms with Gasteiger partial charge in [0.15, 0.2) is 6.61 Å². The third kappa shape index (κ3) is 5.03. The highest BCUT2D eigenvalue weighted by Gasteiger charge is 2.52. The van der Waals surface area contributed by atoms with Crippen LogP contribution in [0.4, 0.5) is 11.4 Å². The van der Waals surface area contributed by atoms with Crippen molar-refractivity contribution in [1.29, 1.82) is 0 Å². The van der Waals surface area contributed by atoms with Crippen LogP contribution < -0.4 is 10.2 Å². The number of halogens is 4. The molecule has 0 aromatic heterocycles. The Balaban J connectivity index is 1.36. The predicted octanol–water partition coefficient (Wildman–Crippen LogP) is 4.90. The van der Waals surface area contributed by atoms with E-state index < -0.39 is 30.3 Å². The van der Waals surface area contributed by atoms with E-state index in [9.17, 15) is 19.2 Å². The lowest BCUT2D eigenvalue weighted by Gasteiger charge is -2.28. The summed E-state index contributed by atoms with van der Waals surface area (Å²) in [4.78, 5) is 51.2. The number of benzene rings is 2. The van der Waals surface area contributed by atoms with Crippen molar-refractivity contribution in [3.63, 3.8) is 0 Å². The molecule has 0 unspecified atom stereocenters. The maximum atomic E-state index is 12.8. The monoisotopic (exact) mass is 542 g/mol. The molecule has 11 heteroatoms. The fourth-order valence-electron chi connectivity index (χ4n) is 4.08. The lowest BCUT2D eigenvalue weighted by atomic mass is 9.80. The van der Waals surface area contributed by atoms with Gasteiger partial charge in [0.1, 0.15) is 0 Å². The van der Waals surface area contributed by atoms with Gasteiger partial charge in [-0.3, -0.25) is 19.3 Å². The highest BCUT2D eigenvalue weighted by atomic mass is 35.5. The van der Waals surface area contributed by atoms with Crippen molar-refractivity contribution in [2.75, 3.05) is 16.8 Å². The first-order valence-electron chi connectivity index (χ1n) is 10.3. The van der Waals surface area contributed by atoms with Gasteiger partial charge >= 0.3 is 5.97 Å². The number of rotatable bonds is 5. The van der Waals surface area contributed by atoms with Crippen LogP contribution in [0.1, 0.15) is 23.2 Å². The minimum Gasteiger partial charge on any atom is -0.452 e. The first-order chi connectivity index (χ1) is 16.2. The number of carbonyl (C=O) groups is 4. The van der Waals surface area contributed by atoms with Crippen molar-refractivity contribution in [3.05, 3.63) is 58.1 Å². The van der Waals surface area contributed by atoms with Crippen molar-refractivity contribution in [2.45, 2.75) is 23.6 Å². The van der Waals surface area contributed by atoms with Crippen LogP contribution in [0.5, 0.6) is 0 Å². The molecule has 0 spiro atoms. The number of imide groups is 1. The third-order valence-corrected chi connectivity index (χ3v) is 7.64. The molecule has 1 N–H and O–H groups in total. The molecule has 34 heavy (non-hydrogen) atoms. The Labute approximate surface area is 215 Å². The maximum Gasteiger partial charge on any atom is 0.338 e. The molecule has 4 atom stereocenters. The van der Waals surface area contributed by atoms with E-state index in [0.29, 0.717) is 29.2 Å². The van der Waals surface area contributed by atoms with E-state index in [1.54, 1.807) is 6.07 Å². The van der Waals surface area contributed by atoms with Gasteiger partial charge in [-0.15, -0.1) is 23.2 Å². The predicted molar refractivity (Wildman–Crippen MR) is 130 cm³/mol. The first-order valence-corrected chi connectivity index (χ1v) is 12.0. The summed E-state index contributed by atoms with van der Waals surface area (Å²) in [6.45, 7) is -0.521. The van der Waals surface area contributed by atoms with E-state index >= 15 is 0 Å². The summed E-state index contributed by atoms with van der Waals surface area (Å²) in [5, 5.41) is 2.42. The normalized spacial score (nSPS) is 24.1. The molecule has 0 bridgehead atoms. The lowest BCUT2D eigenvalue weighted by Crippen LogP contribution is -2.34. The van der Waals surface area contributed by atoms with Crippen LogP contribution in [0.15, 0.2) is 42.5 Å². The molecule has 2 aromatic rings. The van der Waals surface area contributed by atoms with Gasteiger partial charge in [0.25, 0.3) is 5.91 Å². The lowest BCUT2D eigenvalue weighted by molar-refractivity contribution is -0.122. The second-order valence-electron chi connectivity index (χ2n) is 8.03. The fourth-order valence-corrected chi connectivity index (χ4v) is 4.97. The molecule has 2 aliphatic rings. The fraction of sp³-hybridized carbons (Fsp3) is 0.304. The summed E-state index contributed by atoms with van der Waals surface area (Å²) in [7, 11) is 0. The largest absolute Gasteiger partial charge is 0.452 e. The molecule has 1 aliphatic heterocycles. The molecule has 4 rings (SSSR count). The molecule has 2 fully saturated rings. The number of esters is 1. The molecular weight excluding hydrogens is 526 g/mol. The highest BCUT2D eigenvalue weighted by Crippen LogP contribution is 2.43. The molecule has 2 aromatic carbocycles. The van der Waals surface area contributed by atoms with Crippen LogP contribution in [-0.2, 0) is 19.1 Å². The third-order valence-electron chi connectivity index (χ3n) is 5.81. The van der Waals surface area contributed by atoms with E-state index in [1.807, 2.05) is 0 Å². The number of alkyl halides is 2. The second kappa shape index (κ2) is 10.1. The minimum atomic E-state index is -0.737. The number of amides is 3.